The Bertz CT molecular complexity index is 1490. The third kappa shape index (κ3) is 4.57. The van der Waals surface area contributed by atoms with Gasteiger partial charge in [-0.15, -0.1) is 10.2 Å². The minimum absolute atomic E-state index is 0.0998. The molecule has 0 bridgehead atoms. The lowest BCUT2D eigenvalue weighted by molar-refractivity contribution is -0.164. The number of nitrogens with zero attached hydrogens (tertiary/aromatic N) is 7. The maximum Gasteiger partial charge on any atom is 0.410 e. The van der Waals surface area contributed by atoms with Crippen LogP contribution in [0, 0.1) is 0 Å². The molecular weight excluding hydrogens is 512 g/mol. The van der Waals surface area contributed by atoms with Crippen LogP contribution in [0.2, 0.25) is 0 Å². The average molecular weight is 536 g/mol. The number of likely N-dealkylation sites (tertiary alicyclic amines) is 1. The lowest BCUT2D eigenvalue weighted by Crippen LogP contribution is -2.50. The molecule has 202 valence electrons. The minimum atomic E-state index is -4.50. The molecule has 11 nitrogen and oxygen atoms in total. The van der Waals surface area contributed by atoms with E-state index in [2.05, 4.69) is 25.7 Å². The second kappa shape index (κ2) is 9.70. The Morgan fingerprint density at radius 3 is 2.79 bits per heavy atom. The molecule has 0 saturated carbocycles. The quantitative estimate of drug-likeness (QED) is 0.361. The van der Waals surface area contributed by atoms with E-state index < -0.39 is 36.9 Å². The molecule has 1 fully saturated rings. The molecule has 4 heterocycles. The molecule has 1 aliphatic heterocycles. The highest BCUT2D eigenvalue weighted by Gasteiger charge is 2.39. The molecule has 15 heteroatoms. The Kier molecular flexibility index (Phi) is 6.54. The molecule has 3 aromatic heterocycles. The van der Waals surface area contributed by atoms with Crippen LogP contribution in [0.5, 0.6) is 5.88 Å². The van der Waals surface area contributed by atoms with Crippen molar-refractivity contribution in [2.75, 3.05) is 32.1 Å². The number of fused-ring (bicyclic) bond motifs is 2. The van der Waals surface area contributed by atoms with Crippen molar-refractivity contribution in [1.82, 2.24) is 34.5 Å². The Morgan fingerprint density at radius 2 is 2.11 bits per heavy atom. The molecule has 38 heavy (non-hydrogen) atoms. The fourth-order valence-electron chi connectivity index (χ4n) is 4.52. The van der Waals surface area contributed by atoms with Gasteiger partial charge in [0.2, 0.25) is 17.7 Å². The molecule has 1 amide bonds. The highest BCUT2D eigenvalue weighted by molar-refractivity contribution is 5.89. The lowest BCUT2D eigenvalue weighted by Gasteiger charge is -2.34. The predicted octanol–water partition coefficient (Wildman–Crippen LogP) is 2.62. The van der Waals surface area contributed by atoms with Gasteiger partial charge in [0.1, 0.15) is 29.9 Å². The summed E-state index contributed by atoms with van der Waals surface area (Å²) >= 11 is 0. The predicted molar refractivity (Wildman–Crippen MR) is 127 cm³/mol. The van der Waals surface area contributed by atoms with Gasteiger partial charge in [0.25, 0.3) is 0 Å². The second-order valence-electron chi connectivity index (χ2n) is 8.98. The Labute approximate surface area is 213 Å². The summed E-state index contributed by atoms with van der Waals surface area (Å²) in [5, 5.41) is 23.9. The summed E-state index contributed by atoms with van der Waals surface area (Å²) in [5.41, 5.74) is 2.16. The third-order valence-electron chi connectivity index (χ3n) is 6.64. The molecule has 0 radical (unpaired) electrons. The third-order valence-corrected chi connectivity index (χ3v) is 6.64. The number of aliphatic hydroxyl groups is 1. The van der Waals surface area contributed by atoms with Gasteiger partial charge >= 0.3 is 6.18 Å². The first-order chi connectivity index (χ1) is 18.1. The molecule has 2 N–H and O–H groups in total. The van der Waals surface area contributed by atoms with Crippen molar-refractivity contribution in [3.05, 3.63) is 30.5 Å². The summed E-state index contributed by atoms with van der Waals surface area (Å²) in [7, 11) is 1.41. The lowest BCUT2D eigenvalue weighted by atomic mass is 10.0. The molecular formula is C23H24F4N8O3. The van der Waals surface area contributed by atoms with Gasteiger partial charge in [-0.2, -0.15) is 18.2 Å². The summed E-state index contributed by atoms with van der Waals surface area (Å²) < 4.78 is 62.6. The number of ether oxygens (including phenoxy) is 1. The van der Waals surface area contributed by atoms with Crippen molar-refractivity contribution in [3.63, 3.8) is 0 Å². The SMILES string of the molecule is COc1nc(N[C@H]2CCN(C(=O)CO)C[C@H]2F)nn2ccc(-c3ccc4nnn([C@@H](C)C(F)(F)F)c4c3)c12. The molecule has 1 aliphatic rings. The van der Waals surface area contributed by atoms with Crippen LogP contribution in [-0.4, -0.2) is 90.7 Å². The van der Waals surface area contributed by atoms with E-state index in [0.717, 1.165) is 11.6 Å². The standard InChI is InChI=1S/C23H24F4N8O3/c1-12(23(25,26)27)35-18-9-13(3-4-17(18)30-32-35)14-5-8-34-20(14)21(38-2)29-22(31-34)28-16-6-7-33(10-15(16)24)19(37)11-36/h3-5,8-9,12,15-16,36H,6-7,10-11H2,1-2H3,(H,28,31)/t12-,15+,16-/m0/s1. The fraction of sp³-hybridized carbons (Fsp3) is 0.435. The van der Waals surface area contributed by atoms with Crippen LogP contribution in [0.15, 0.2) is 30.5 Å². The first-order valence-corrected chi connectivity index (χ1v) is 11.8. The molecule has 3 atom stereocenters. The van der Waals surface area contributed by atoms with Crippen molar-refractivity contribution >= 4 is 28.4 Å². The van der Waals surface area contributed by atoms with Crippen LogP contribution < -0.4 is 10.1 Å². The van der Waals surface area contributed by atoms with E-state index in [4.69, 9.17) is 9.84 Å². The maximum atomic E-state index is 14.8. The zero-order chi connectivity index (χ0) is 27.2. The number of carbonyl (C=O) groups is 1. The number of anilines is 1. The van der Waals surface area contributed by atoms with Gasteiger partial charge in [0.05, 0.1) is 25.2 Å². The molecule has 0 spiro atoms. The average Bonchev–Trinajstić information content (AvgIpc) is 3.51. The van der Waals surface area contributed by atoms with Crippen molar-refractivity contribution in [2.45, 2.75) is 37.8 Å². The number of hydrogen-bond acceptors (Lipinski definition) is 8. The Morgan fingerprint density at radius 1 is 1.32 bits per heavy atom. The number of carbonyl (C=O) groups excluding carboxylic acids is 1. The van der Waals surface area contributed by atoms with Crippen LogP contribution in [0.3, 0.4) is 0 Å². The van der Waals surface area contributed by atoms with Crippen molar-refractivity contribution in [1.29, 1.82) is 0 Å². The number of aromatic nitrogens is 6. The Hall–Kier alpha value is -4.01. The highest BCUT2D eigenvalue weighted by atomic mass is 19.4. The maximum absolute atomic E-state index is 14.8. The van der Waals surface area contributed by atoms with Gasteiger partial charge < -0.3 is 20.1 Å². The minimum Gasteiger partial charge on any atom is -0.479 e. The highest BCUT2D eigenvalue weighted by Crippen LogP contribution is 2.35. The topological polar surface area (TPSA) is 123 Å². The van der Waals surface area contributed by atoms with Crippen molar-refractivity contribution < 1.29 is 32.2 Å². The summed E-state index contributed by atoms with van der Waals surface area (Å²) in [5.74, 6) is -0.265. The Balaban J connectivity index is 1.46. The number of nitrogens with one attached hydrogen (secondary N) is 1. The van der Waals surface area contributed by atoms with E-state index in [0.29, 0.717) is 22.2 Å². The van der Waals surface area contributed by atoms with Crippen LogP contribution in [0.4, 0.5) is 23.5 Å². The molecule has 4 aromatic rings. The van der Waals surface area contributed by atoms with Crippen LogP contribution in [0.25, 0.3) is 27.7 Å². The number of alkyl halides is 4. The number of benzene rings is 1. The first-order valence-electron chi connectivity index (χ1n) is 11.8. The summed E-state index contributed by atoms with van der Waals surface area (Å²) in [6.07, 6.45) is -3.99. The van der Waals surface area contributed by atoms with Gasteiger partial charge in [-0.1, -0.05) is 11.3 Å². The largest absolute Gasteiger partial charge is 0.479 e. The van der Waals surface area contributed by atoms with E-state index in [1.165, 1.54) is 16.5 Å². The number of halogens is 4. The molecule has 1 aromatic carbocycles. The van der Waals surface area contributed by atoms with E-state index in [9.17, 15) is 22.4 Å². The summed E-state index contributed by atoms with van der Waals surface area (Å²) in [4.78, 5) is 17.3. The zero-order valence-corrected chi connectivity index (χ0v) is 20.4. The number of methoxy groups -OCH3 is 1. The molecule has 0 aliphatic carbocycles. The van der Waals surface area contributed by atoms with Gasteiger partial charge in [0.15, 0.2) is 0 Å². The van der Waals surface area contributed by atoms with Crippen molar-refractivity contribution in [2.24, 2.45) is 0 Å². The second-order valence-corrected chi connectivity index (χ2v) is 8.98. The number of piperidine rings is 1. The first kappa shape index (κ1) is 25.6. The van der Waals surface area contributed by atoms with Crippen LogP contribution in [-0.2, 0) is 4.79 Å². The van der Waals surface area contributed by atoms with Gasteiger partial charge in [-0.3, -0.25) is 4.79 Å². The van der Waals surface area contributed by atoms with E-state index in [1.54, 1.807) is 30.5 Å². The monoisotopic (exact) mass is 536 g/mol. The number of amides is 1. The normalized spacial score (nSPS) is 19.2. The summed E-state index contributed by atoms with van der Waals surface area (Å²) in [6, 6.07) is 4.03. The van der Waals surface area contributed by atoms with Gasteiger partial charge in [0, 0.05) is 18.3 Å². The van der Waals surface area contributed by atoms with E-state index >= 15 is 0 Å². The molecule has 1 saturated heterocycles. The van der Waals surface area contributed by atoms with Crippen LogP contribution >= 0.6 is 0 Å². The molecule has 0 unspecified atom stereocenters. The van der Waals surface area contributed by atoms with Crippen molar-refractivity contribution in [3.8, 4) is 17.0 Å². The molecule has 5 rings (SSSR count). The number of aliphatic hydroxyl groups excluding tert-OH is 1. The number of rotatable bonds is 6. The summed E-state index contributed by atoms with van der Waals surface area (Å²) in [6.45, 7) is 0.442. The fourth-order valence-corrected chi connectivity index (χ4v) is 4.52. The van der Waals surface area contributed by atoms with Gasteiger partial charge in [-0.05, 0) is 37.1 Å². The smallest absolute Gasteiger partial charge is 0.410 e. The van der Waals surface area contributed by atoms with E-state index in [-0.39, 0.29) is 36.9 Å². The van der Waals surface area contributed by atoms with E-state index in [1.807, 2.05) is 0 Å². The zero-order valence-electron chi connectivity index (χ0n) is 20.4. The van der Waals surface area contributed by atoms with Crippen LogP contribution in [0.1, 0.15) is 19.4 Å². The number of hydrogen-bond donors (Lipinski definition) is 2. The van der Waals surface area contributed by atoms with Gasteiger partial charge in [-0.25, -0.2) is 13.6 Å².